The van der Waals surface area contributed by atoms with Gasteiger partial charge in [0.05, 0.1) is 15.9 Å². The van der Waals surface area contributed by atoms with Gasteiger partial charge in [-0.1, -0.05) is 29.8 Å². The quantitative estimate of drug-likeness (QED) is 0.317. The fourth-order valence-corrected chi connectivity index (χ4v) is 4.11. The molecule has 3 N–H and O–H groups in total. The van der Waals surface area contributed by atoms with E-state index in [2.05, 4.69) is 14.7 Å². The molecule has 0 amide bonds. The van der Waals surface area contributed by atoms with Gasteiger partial charge in [-0.3, -0.25) is 9.52 Å². The summed E-state index contributed by atoms with van der Waals surface area (Å²) in [4.78, 5) is 29.3. The molecule has 7 nitrogen and oxygen atoms in total. The topological polar surface area (TPSA) is 112 Å². The number of fused-ring (bicyclic) bond motifs is 1. The highest BCUT2D eigenvalue weighted by Gasteiger charge is 2.14. The first kappa shape index (κ1) is 20.4. The second-order valence-corrected chi connectivity index (χ2v) is 8.76. The van der Waals surface area contributed by atoms with E-state index >= 15 is 0 Å². The first-order valence-corrected chi connectivity index (χ1v) is 10.9. The zero-order valence-corrected chi connectivity index (χ0v) is 17.4. The number of benzene rings is 3. The zero-order chi connectivity index (χ0) is 22.0. The smallest absolute Gasteiger partial charge is 0.306 e. The lowest BCUT2D eigenvalue weighted by Gasteiger charge is -2.08. The number of allylic oxidation sites excluding steroid dienone is 1. The fraction of sp³-hybridized carbons (Fsp3) is 0.0435. The molecule has 0 aliphatic rings. The number of imidazole rings is 1. The summed E-state index contributed by atoms with van der Waals surface area (Å²) in [5.74, 6) is -0.226. The van der Waals surface area contributed by atoms with Gasteiger partial charge in [0.2, 0.25) is 0 Å². The molecule has 8 heteroatoms. The van der Waals surface area contributed by atoms with Gasteiger partial charge < -0.3 is 9.97 Å². The van der Waals surface area contributed by atoms with E-state index in [1.54, 1.807) is 72.8 Å². The Hall–Kier alpha value is -3.91. The average molecular weight is 433 g/mol. The highest BCUT2D eigenvalue weighted by Crippen LogP contribution is 2.18. The van der Waals surface area contributed by atoms with E-state index in [0.717, 1.165) is 11.1 Å². The molecule has 0 bridgehead atoms. The number of aromatic amines is 2. The maximum atomic E-state index is 12.5. The predicted molar refractivity (Wildman–Crippen MR) is 121 cm³/mol. The molecule has 0 spiro atoms. The summed E-state index contributed by atoms with van der Waals surface area (Å²) in [7, 11) is -3.70. The Bertz CT molecular complexity index is 1450. The third kappa shape index (κ3) is 4.65. The molecule has 0 fully saturated rings. The molecule has 31 heavy (non-hydrogen) atoms. The lowest BCUT2D eigenvalue weighted by molar-refractivity contribution is 0.104. The summed E-state index contributed by atoms with van der Waals surface area (Å²) in [5.41, 5.74) is 3.58. The molecule has 0 radical (unpaired) electrons. The van der Waals surface area contributed by atoms with Crippen molar-refractivity contribution in [3.8, 4) is 0 Å². The molecule has 156 valence electrons. The van der Waals surface area contributed by atoms with Crippen LogP contribution in [0.2, 0.25) is 0 Å². The number of anilines is 1. The van der Waals surface area contributed by atoms with Crippen LogP contribution in [0.5, 0.6) is 0 Å². The van der Waals surface area contributed by atoms with Crippen molar-refractivity contribution in [1.29, 1.82) is 0 Å². The second kappa shape index (κ2) is 8.08. The Kier molecular flexibility index (Phi) is 5.31. The van der Waals surface area contributed by atoms with Gasteiger partial charge in [-0.15, -0.1) is 0 Å². The molecule has 0 saturated carbocycles. The van der Waals surface area contributed by atoms with Crippen LogP contribution in [0.25, 0.3) is 17.1 Å². The van der Waals surface area contributed by atoms with Crippen molar-refractivity contribution >= 4 is 38.6 Å². The van der Waals surface area contributed by atoms with Crippen LogP contribution < -0.4 is 10.4 Å². The third-order valence-corrected chi connectivity index (χ3v) is 6.12. The standard InChI is InChI=1S/C23H19N3O4S/c1-15-2-10-19(11-3-15)31(29,30)26-18-8-6-17(7-9-18)22(27)13-5-16-4-12-20-21(14-16)25-23(28)24-20/h2-14,26H,1H3,(H2,24,25,28)/b13-5+. The summed E-state index contributed by atoms with van der Waals surface area (Å²) in [6.07, 6.45) is 3.08. The van der Waals surface area contributed by atoms with E-state index in [1.807, 2.05) is 6.92 Å². The molecule has 1 heterocycles. The van der Waals surface area contributed by atoms with Crippen molar-refractivity contribution in [2.24, 2.45) is 0 Å². The molecule has 4 aromatic rings. The Labute approximate surface area is 178 Å². The first-order chi connectivity index (χ1) is 14.8. The van der Waals surface area contributed by atoms with Crippen molar-refractivity contribution in [2.75, 3.05) is 4.72 Å². The monoisotopic (exact) mass is 433 g/mol. The lowest BCUT2D eigenvalue weighted by atomic mass is 10.1. The predicted octanol–water partition coefficient (Wildman–Crippen LogP) is 3.86. The van der Waals surface area contributed by atoms with Gasteiger partial charge in [0.25, 0.3) is 10.0 Å². The van der Waals surface area contributed by atoms with Gasteiger partial charge in [-0.2, -0.15) is 0 Å². The Morgan fingerprint density at radius 1 is 0.903 bits per heavy atom. The van der Waals surface area contributed by atoms with Crippen molar-refractivity contribution in [3.63, 3.8) is 0 Å². The summed E-state index contributed by atoms with van der Waals surface area (Å²) >= 11 is 0. The van der Waals surface area contributed by atoms with Crippen molar-refractivity contribution in [2.45, 2.75) is 11.8 Å². The number of aryl methyl sites for hydroxylation is 1. The molecule has 0 saturated heterocycles. The van der Waals surface area contributed by atoms with Gasteiger partial charge in [0.1, 0.15) is 0 Å². The third-order valence-electron chi connectivity index (χ3n) is 4.72. The SMILES string of the molecule is Cc1ccc(S(=O)(=O)Nc2ccc(C(=O)/C=C/c3ccc4[nH]c(=O)[nH]c4c3)cc2)cc1. The maximum absolute atomic E-state index is 12.5. The minimum Gasteiger partial charge on any atom is -0.306 e. The zero-order valence-electron chi connectivity index (χ0n) is 16.5. The maximum Gasteiger partial charge on any atom is 0.323 e. The number of nitrogens with one attached hydrogen (secondary N) is 3. The number of rotatable bonds is 6. The normalized spacial score (nSPS) is 11.8. The van der Waals surface area contributed by atoms with E-state index < -0.39 is 10.0 Å². The molecular formula is C23H19N3O4S. The van der Waals surface area contributed by atoms with E-state index in [9.17, 15) is 18.0 Å². The summed E-state index contributed by atoms with van der Waals surface area (Å²) < 4.78 is 27.5. The van der Waals surface area contributed by atoms with E-state index in [4.69, 9.17) is 0 Å². The van der Waals surface area contributed by atoms with Crippen molar-refractivity contribution < 1.29 is 13.2 Å². The number of carbonyl (C=O) groups is 1. The molecular weight excluding hydrogens is 414 g/mol. The van der Waals surface area contributed by atoms with Gasteiger partial charge in [-0.25, -0.2) is 13.2 Å². The number of carbonyl (C=O) groups excluding carboxylic acids is 1. The van der Waals surface area contributed by atoms with E-state index in [0.29, 0.717) is 22.3 Å². The molecule has 3 aromatic carbocycles. The van der Waals surface area contributed by atoms with Gasteiger partial charge in [-0.05, 0) is 67.1 Å². The number of aromatic nitrogens is 2. The van der Waals surface area contributed by atoms with Crippen LogP contribution in [-0.2, 0) is 10.0 Å². The van der Waals surface area contributed by atoms with Gasteiger partial charge in [0.15, 0.2) is 5.78 Å². The van der Waals surface area contributed by atoms with Crippen molar-refractivity contribution in [1.82, 2.24) is 9.97 Å². The number of H-pyrrole nitrogens is 2. The molecule has 0 unspecified atom stereocenters. The van der Waals surface area contributed by atoms with Crippen LogP contribution in [0.1, 0.15) is 21.5 Å². The Morgan fingerprint density at radius 2 is 1.58 bits per heavy atom. The summed E-state index contributed by atoms with van der Waals surface area (Å²) in [6, 6.07) is 18.1. The number of sulfonamides is 1. The minimum absolute atomic E-state index is 0.168. The lowest BCUT2D eigenvalue weighted by Crippen LogP contribution is -2.13. The van der Waals surface area contributed by atoms with Crippen LogP contribution in [0.4, 0.5) is 5.69 Å². The molecule has 4 rings (SSSR count). The van der Waals surface area contributed by atoms with Crippen LogP contribution >= 0.6 is 0 Å². The Balaban J connectivity index is 1.46. The Morgan fingerprint density at radius 3 is 2.29 bits per heavy atom. The number of ketones is 1. The van der Waals surface area contributed by atoms with Crippen LogP contribution in [0, 0.1) is 6.92 Å². The molecule has 1 aromatic heterocycles. The first-order valence-electron chi connectivity index (χ1n) is 9.44. The van der Waals surface area contributed by atoms with Crippen LogP contribution in [-0.4, -0.2) is 24.2 Å². The van der Waals surface area contributed by atoms with Crippen molar-refractivity contribution in [3.05, 3.63) is 100.0 Å². The van der Waals surface area contributed by atoms with E-state index in [1.165, 1.54) is 6.08 Å². The largest absolute Gasteiger partial charge is 0.323 e. The highest BCUT2D eigenvalue weighted by molar-refractivity contribution is 7.92. The van der Waals surface area contributed by atoms with E-state index in [-0.39, 0.29) is 16.4 Å². The van der Waals surface area contributed by atoms with Gasteiger partial charge >= 0.3 is 5.69 Å². The molecule has 0 aliphatic heterocycles. The second-order valence-electron chi connectivity index (χ2n) is 7.08. The summed E-state index contributed by atoms with van der Waals surface area (Å²) in [5, 5.41) is 0. The van der Waals surface area contributed by atoms with Gasteiger partial charge in [0, 0.05) is 11.3 Å². The molecule has 0 atom stereocenters. The minimum atomic E-state index is -3.70. The highest BCUT2D eigenvalue weighted by atomic mass is 32.2. The number of hydrogen-bond acceptors (Lipinski definition) is 4. The number of hydrogen-bond donors (Lipinski definition) is 3. The molecule has 0 aliphatic carbocycles. The summed E-state index contributed by atoms with van der Waals surface area (Å²) in [6.45, 7) is 1.88. The average Bonchev–Trinajstić information content (AvgIpc) is 3.12. The van der Waals surface area contributed by atoms with Crippen LogP contribution in [0.15, 0.2) is 82.5 Å². The fourth-order valence-electron chi connectivity index (χ4n) is 3.06. The van der Waals surface area contributed by atoms with Crippen LogP contribution in [0.3, 0.4) is 0 Å².